The number of hydrogen-bond acceptors (Lipinski definition) is 1. The zero-order valence-electron chi connectivity index (χ0n) is 13.5. The van der Waals surface area contributed by atoms with Crippen molar-refractivity contribution in [2.75, 3.05) is 0 Å². The van der Waals surface area contributed by atoms with Crippen LogP contribution < -0.4 is 0 Å². The minimum atomic E-state index is 0.124. The van der Waals surface area contributed by atoms with E-state index in [1.54, 1.807) is 0 Å². The summed E-state index contributed by atoms with van der Waals surface area (Å²) in [6.45, 7) is 6.95. The lowest BCUT2D eigenvalue weighted by Gasteiger charge is -2.29. The molecule has 0 saturated heterocycles. The number of pyridine rings is 1. The largest absolute Gasteiger partial charge is 0.247 e. The normalized spacial score (nSPS) is 13.8. The van der Waals surface area contributed by atoms with Gasteiger partial charge in [0, 0.05) is 10.9 Å². The molecular formula is C21H21N. The molecule has 0 bridgehead atoms. The van der Waals surface area contributed by atoms with E-state index < -0.39 is 0 Å². The second-order valence-electron chi connectivity index (χ2n) is 7.24. The first-order chi connectivity index (χ1) is 10.6. The van der Waals surface area contributed by atoms with Crippen molar-refractivity contribution in [1.82, 2.24) is 4.98 Å². The summed E-state index contributed by atoms with van der Waals surface area (Å²) in [6, 6.07) is 17.3. The molecule has 0 fully saturated rings. The van der Waals surface area contributed by atoms with E-state index in [4.69, 9.17) is 4.98 Å². The van der Waals surface area contributed by atoms with E-state index in [9.17, 15) is 0 Å². The third-order valence-corrected chi connectivity index (χ3v) is 4.66. The molecule has 1 aliphatic carbocycles. The zero-order chi connectivity index (χ0) is 15.3. The zero-order valence-corrected chi connectivity index (χ0v) is 13.5. The monoisotopic (exact) mass is 287 g/mol. The SMILES string of the molecule is CC(C)(C)c1c2c(nc3ccccc13)-c1ccccc1CC2. The number of para-hydroxylation sites is 1. The number of rotatable bonds is 0. The van der Waals surface area contributed by atoms with Crippen LogP contribution in [0.25, 0.3) is 22.2 Å². The van der Waals surface area contributed by atoms with Crippen LogP contribution in [0.5, 0.6) is 0 Å². The molecule has 1 aromatic heterocycles. The van der Waals surface area contributed by atoms with Crippen LogP contribution in [0, 0.1) is 0 Å². The number of aromatic nitrogens is 1. The van der Waals surface area contributed by atoms with Crippen molar-refractivity contribution in [1.29, 1.82) is 0 Å². The summed E-state index contributed by atoms with van der Waals surface area (Å²) < 4.78 is 0. The summed E-state index contributed by atoms with van der Waals surface area (Å²) in [4.78, 5) is 5.03. The molecule has 1 heteroatoms. The molecule has 2 aromatic carbocycles. The van der Waals surface area contributed by atoms with Gasteiger partial charge in [0.2, 0.25) is 0 Å². The second kappa shape index (κ2) is 4.67. The third-order valence-electron chi connectivity index (χ3n) is 4.66. The Hall–Kier alpha value is -2.15. The van der Waals surface area contributed by atoms with Gasteiger partial charge in [-0.25, -0.2) is 4.98 Å². The molecule has 0 N–H and O–H groups in total. The van der Waals surface area contributed by atoms with Crippen LogP contribution in [0.15, 0.2) is 48.5 Å². The Morgan fingerprint density at radius 1 is 0.864 bits per heavy atom. The van der Waals surface area contributed by atoms with Gasteiger partial charge in [0.25, 0.3) is 0 Å². The molecule has 0 unspecified atom stereocenters. The van der Waals surface area contributed by atoms with E-state index in [2.05, 4.69) is 69.3 Å². The van der Waals surface area contributed by atoms with Crippen LogP contribution in [-0.2, 0) is 18.3 Å². The van der Waals surface area contributed by atoms with Gasteiger partial charge in [-0.2, -0.15) is 0 Å². The number of aryl methyl sites for hydroxylation is 1. The van der Waals surface area contributed by atoms with Crippen LogP contribution in [-0.4, -0.2) is 4.98 Å². The van der Waals surface area contributed by atoms with E-state index in [1.165, 1.54) is 33.3 Å². The van der Waals surface area contributed by atoms with Gasteiger partial charge in [0.15, 0.2) is 0 Å². The highest BCUT2D eigenvalue weighted by molar-refractivity contribution is 5.89. The lowest BCUT2D eigenvalue weighted by molar-refractivity contribution is 0.586. The van der Waals surface area contributed by atoms with E-state index >= 15 is 0 Å². The first-order valence-electron chi connectivity index (χ1n) is 8.06. The van der Waals surface area contributed by atoms with Crippen molar-refractivity contribution in [3.05, 3.63) is 65.2 Å². The van der Waals surface area contributed by atoms with Gasteiger partial charge in [-0.3, -0.25) is 0 Å². The maximum Gasteiger partial charge on any atom is 0.0747 e. The fraction of sp³-hybridized carbons (Fsp3) is 0.286. The van der Waals surface area contributed by atoms with Gasteiger partial charge in [-0.1, -0.05) is 63.2 Å². The maximum atomic E-state index is 5.03. The lowest BCUT2D eigenvalue weighted by atomic mass is 9.76. The van der Waals surface area contributed by atoms with Crippen molar-refractivity contribution >= 4 is 10.9 Å². The Bertz CT molecular complexity index is 869. The first-order valence-corrected chi connectivity index (χ1v) is 8.06. The molecule has 0 radical (unpaired) electrons. The van der Waals surface area contributed by atoms with Gasteiger partial charge >= 0.3 is 0 Å². The highest BCUT2D eigenvalue weighted by atomic mass is 14.7. The molecule has 0 aliphatic heterocycles. The van der Waals surface area contributed by atoms with Gasteiger partial charge in [0.05, 0.1) is 11.2 Å². The molecule has 3 aromatic rings. The average Bonchev–Trinajstić information content (AvgIpc) is 2.51. The molecule has 0 spiro atoms. The first kappa shape index (κ1) is 13.5. The van der Waals surface area contributed by atoms with Crippen LogP contribution in [0.2, 0.25) is 0 Å². The van der Waals surface area contributed by atoms with Crippen molar-refractivity contribution in [3.8, 4) is 11.3 Å². The number of fused-ring (bicyclic) bond motifs is 4. The molecule has 0 atom stereocenters. The second-order valence-corrected chi connectivity index (χ2v) is 7.24. The summed E-state index contributed by atoms with van der Waals surface area (Å²) in [6.07, 6.45) is 2.21. The molecule has 1 heterocycles. The lowest BCUT2D eigenvalue weighted by Crippen LogP contribution is -2.19. The van der Waals surface area contributed by atoms with E-state index in [0.717, 1.165) is 18.4 Å². The van der Waals surface area contributed by atoms with Gasteiger partial charge < -0.3 is 0 Å². The van der Waals surface area contributed by atoms with E-state index in [0.29, 0.717) is 0 Å². The quantitative estimate of drug-likeness (QED) is 0.547. The Balaban J connectivity index is 2.14. The fourth-order valence-corrected chi connectivity index (χ4v) is 3.80. The molecule has 22 heavy (non-hydrogen) atoms. The van der Waals surface area contributed by atoms with Crippen molar-refractivity contribution < 1.29 is 0 Å². The summed E-state index contributed by atoms with van der Waals surface area (Å²) in [5.41, 5.74) is 8.11. The summed E-state index contributed by atoms with van der Waals surface area (Å²) in [5.74, 6) is 0. The minimum absolute atomic E-state index is 0.124. The third kappa shape index (κ3) is 1.96. The van der Waals surface area contributed by atoms with Crippen LogP contribution in [0.3, 0.4) is 0 Å². The Morgan fingerprint density at radius 3 is 2.41 bits per heavy atom. The van der Waals surface area contributed by atoms with Crippen LogP contribution >= 0.6 is 0 Å². The molecule has 0 saturated carbocycles. The molecule has 0 amide bonds. The smallest absolute Gasteiger partial charge is 0.0747 e. The minimum Gasteiger partial charge on any atom is -0.247 e. The van der Waals surface area contributed by atoms with Gasteiger partial charge in [0.1, 0.15) is 0 Å². The average molecular weight is 287 g/mol. The Morgan fingerprint density at radius 2 is 1.59 bits per heavy atom. The Labute approximate surface area is 132 Å². The van der Waals surface area contributed by atoms with Crippen molar-refractivity contribution in [3.63, 3.8) is 0 Å². The molecule has 1 aliphatic rings. The summed E-state index contributed by atoms with van der Waals surface area (Å²) in [7, 11) is 0. The van der Waals surface area contributed by atoms with Gasteiger partial charge in [-0.05, 0) is 41.0 Å². The van der Waals surface area contributed by atoms with Crippen molar-refractivity contribution in [2.24, 2.45) is 0 Å². The highest BCUT2D eigenvalue weighted by Crippen LogP contribution is 2.41. The maximum absolute atomic E-state index is 5.03. The summed E-state index contributed by atoms with van der Waals surface area (Å²) in [5, 5.41) is 1.31. The van der Waals surface area contributed by atoms with E-state index in [1.807, 2.05) is 0 Å². The molecule has 110 valence electrons. The Kier molecular flexibility index (Phi) is 2.87. The molecular weight excluding hydrogens is 266 g/mol. The standard InChI is InChI=1S/C21H21N/c1-21(2,3)19-16-10-6-7-11-18(16)22-20-15-9-5-4-8-14(15)12-13-17(19)20/h4-11H,12-13H2,1-3H3. The molecule has 1 nitrogen and oxygen atoms in total. The van der Waals surface area contributed by atoms with E-state index in [-0.39, 0.29) is 5.41 Å². The fourth-order valence-electron chi connectivity index (χ4n) is 3.80. The molecule has 4 rings (SSSR count). The van der Waals surface area contributed by atoms with Crippen LogP contribution in [0.4, 0.5) is 0 Å². The number of hydrogen-bond donors (Lipinski definition) is 0. The predicted octanol–water partition coefficient (Wildman–Crippen LogP) is 5.30. The highest BCUT2D eigenvalue weighted by Gasteiger charge is 2.27. The van der Waals surface area contributed by atoms with Crippen LogP contribution in [0.1, 0.15) is 37.5 Å². The topological polar surface area (TPSA) is 12.9 Å². The van der Waals surface area contributed by atoms with Crippen molar-refractivity contribution in [2.45, 2.75) is 39.0 Å². The number of nitrogens with zero attached hydrogens (tertiary/aromatic N) is 1. The van der Waals surface area contributed by atoms with Gasteiger partial charge in [-0.15, -0.1) is 0 Å². The predicted molar refractivity (Wildman–Crippen MR) is 93.3 cm³/mol. The summed E-state index contributed by atoms with van der Waals surface area (Å²) >= 11 is 0. The number of benzene rings is 2.